The van der Waals surface area contributed by atoms with Crippen molar-refractivity contribution < 1.29 is 9.47 Å². The second kappa shape index (κ2) is 10.6. The first kappa shape index (κ1) is 20.9. The van der Waals surface area contributed by atoms with Gasteiger partial charge in [0.15, 0.2) is 0 Å². The highest BCUT2D eigenvalue weighted by atomic mass is 16.5. The first-order chi connectivity index (χ1) is 15.3. The van der Waals surface area contributed by atoms with Gasteiger partial charge in [0.05, 0.1) is 37.8 Å². The zero-order valence-electron chi connectivity index (χ0n) is 17.8. The van der Waals surface area contributed by atoms with Gasteiger partial charge in [-0.1, -0.05) is 29.8 Å². The summed E-state index contributed by atoms with van der Waals surface area (Å²) in [5.41, 5.74) is 5.17. The Morgan fingerprint density at radius 3 is 2.84 bits per heavy atom. The molecule has 3 aromatic rings. The van der Waals surface area contributed by atoms with E-state index in [0.717, 1.165) is 48.9 Å². The van der Waals surface area contributed by atoms with Crippen molar-refractivity contribution in [2.24, 2.45) is 4.99 Å². The number of pyridine rings is 1. The minimum absolute atomic E-state index is 0.490. The Morgan fingerprint density at radius 1 is 1.13 bits per heavy atom. The molecule has 1 aromatic carbocycles. The van der Waals surface area contributed by atoms with Gasteiger partial charge >= 0.3 is 0 Å². The van der Waals surface area contributed by atoms with Crippen LogP contribution in [-0.4, -0.2) is 54.1 Å². The lowest BCUT2D eigenvalue weighted by Crippen LogP contribution is -2.36. The Labute approximate surface area is 182 Å². The van der Waals surface area contributed by atoms with Gasteiger partial charge in [-0.05, 0) is 18.6 Å². The van der Waals surface area contributed by atoms with Crippen molar-refractivity contribution in [3.05, 3.63) is 77.5 Å². The maximum Gasteiger partial charge on any atom is 0.215 e. The van der Waals surface area contributed by atoms with Crippen LogP contribution in [0.2, 0.25) is 0 Å². The number of morpholine rings is 1. The number of hydrogen-bond acceptors (Lipinski definition) is 7. The number of aromatic nitrogens is 3. The monoisotopic (exact) mass is 417 g/mol. The van der Waals surface area contributed by atoms with Gasteiger partial charge in [0, 0.05) is 56.1 Å². The molecule has 0 atom stereocenters. The molecular formula is C24H27N5O2. The molecule has 0 amide bonds. The molecule has 7 nitrogen and oxygen atoms in total. The maximum absolute atomic E-state index is 5.97. The SMILES string of the molecule is Cc1cccc(C=NCc2cc(N3CCOCC3)cc(OCCc3cnccn3)n2)c1. The van der Waals surface area contributed by atoms with E-state index in [0.29, 0.717) is 25.5 Å². The van der Waals surface area contributed by atoms with E-state index in [1.165, 1.54) is 5.56 Å². The summed E-state index contributed by atoms with van der Waals surface area (Å²) in [6.07, 6.45) is 7.69. The highest BCUT2D eigenvalue weighted by molar-refractivity contribution is 5.79. The van der Waals surface area contributed by atoms with E-state index >= 15 is 0 Å². The molecule has 0 bridgehead atoms. The quantitative estimate of drug-likeness (QED) is 0.524. The lowest BCUT2D eigenvalue weighted by atomic mass is 10.1. The number of aryl methyl sites for hydroxylation is 1. The van der Waals surface area contributed by atoms with E-state index in [-0.39, 0.29) is 0 Å². The standard InChI is InChI=1S/C24H27N5O2/c1-19-3-2-4-20(13-19)16-26-18-22-14-23(29-8-11-30-12-9-29)15-24(28-22)31-10-5-21-17-25-6-7-27-21/h2-4,6-7,13-17H,5,8-12,18H2,1H3. The van der Waals surface area contributed by atoms with Crippen molar-refractivity contribution in [2.75, 3.05) is 37.8 Å². The Morgan fingerprint density at radius 2 is 2.03 bits per heavy atom. The van der Waals surface area contributed by atoms with Crippen LogP contribution in [0.4, 0.5) is 5.69 Å². The molecule has 160 valence electrons. The zero-order valence-corrected chi connectivity index (χ0v) is 17.8. The normalized spacial score (nSPS) is 14.2. The third-order valence-electron chi connectivity index (χ3n) is 4.98. The smallest absolute Gasteiger partial charge is 0.215 e. The highest BCUT2D eigenvalue weighted by Gasteiger charge is 2.14. The van der Waals surface area contributed by atoms with Gasteiger partial charge in [-0.2, -0.15) is 0 Å². The molecule has 0 unspecified atom stereocenters. The van der Waals surface area contributed by atoms with E-state index in [2.05, 4.69) is 56.0 Å². The van der Waals surface area contributed by atoms with E-state index < -0.39 is 0 Å². The van der Waals surface area contributed by atoms with Gasteiger partial charge in [-0.3, -0.25) is 15.0 Å². The van der Waals surface area contributed by atoms with Gasteiger partial charge in [0.1, 0.15) is 0 Å². The first-order valence-electron chi connectivity index (χ1n) is 10.5. The number of hydrogen-bond donors (Lipinski definition) is 0. The summed E-state index contributed by atoms with van der Waals surface area (Å²) >= 11 is 0. The van der Waals surface area contributed by atoms with E-state index in [1.54, 1.807) is 18.6 Å². The molecule has 1 saturated heterocycles. The van der Waals surface area contributed by atoms with Crippen molar-refractivity contribution in [2.45, 2.75) is 19.9 Å². The molecule has 7 heteroatoms. The minimum Gasteiger partial charge on any atom is -0.477 e. The van der Waals surface area contributed by atoms with Crippen molar-refractivity contribution >= 4 is 11.9 Å². The largest absolute Gasteiger partial charge is 0.477 e. The number of nitrogens with zero attached hydrogens (tertiary/aromatic N) is 5. The van der Waals surface area contributed by atoms with Crippen molar-refractivity contribution in [3.8, 4) is 5.88 Å². The number of anilines is 1. The molecule has 0 spiro atoms. The van der Waals surface area contributed by atoms with E-state index in [1.807, 2.05) is 18.3 Å². The summed E-state index contributed by atoms with van der Waals surface area (Å²) in [5.74, 6) is 0.605. The highest BCUT2D eigenvalue weighted by Crippen LogP contribution is 2.23. The van der Waals surface area contributed by atoms with Crippen LogP contribution in [0.25, 0.3) is 0 Å². The fraction of sp³-hybridized carbons (Fsp3) is 0.333. The summed E-state index contributed by atoms with van der Waals surface area (Å²) in [6, 6.07) is 12.4. The number of aliphatic imine (C=N–C) groups is 1. The topological polar surface area (TPSA) is 72.7 Å². The molecule has 3 heterocycles. The fourth-order valence-corrected chi connectivity index (χ4v) is 3.42. The van der Waals surface area contributed by atoms with Gasteiger partial charge in [-0.15, -0.1) is 0 Å². The Hall–Kier alpha value is -3.32. The molecule has 31 heavy (non-hydrogen) atoms. The van der Waals surface area contributed by atoms with Crippen LogP contribution in [-0.2, 0) is 17.7 Å². The zero-order chi connectivity index (χ0) is 21.3. The third-order valence-corrected chi connectivity index (χ3v) is 4.98. The molecule has 1 aliphatic rings. The Balaban J connectivity index is 1.46. The molecular weight excluding hydrogens is 390 g/mol. The van der Waals surface area contributed by atoms with Crippen LogP contribution in [0.5, 0.6) is 5.88 Å². The average molecular weight is 418 g/mol. The van der Waals surface area contributed by atoms with E-state index in [4.69, 9.17) is 9.47 Å². The Kier molecular flexibility index (Phi) is 7.18. The third kappa shape index (κ3) is 6.33. The van der Waals surface area contributed by atoms with Gasteiger partial charge in [0.2, 0.25) is 5.88 Å². The van der Waals surface area contributed by atoms with Crippen molar-refractivity contribution in [1.82, 2.24) is 15.0 Å². The lowest BCUT2D eigenvalue weighted by molar-refractivity contribution is 0.122. The summed E-state index contributed by atoms with van der Waals surface area (Å²) in [6.45, 7) is 6.23. The van der Waals surface area contributed by atoms with Gasteiger partial charge < -0.3 is 14.4 Å². The van der Waals surface area contributed by atoms with Gasteiger partial charge in [-0.25, -0.2) is 4.98 Å². The number of benzene rings is 1. The van der Waals surface area contributed by atoms with Crippen LogP contribution in [0, 0.1) is 6.92 Å². The van der Waals surface area contributed by atoms with Crippen LogP contribution in [0.15, 0.2) is 60.0 Å². The first-order valence-corrected chi connectivity index (χ1v) is 10.5. The molecule has 0 aliphatic carbocycles. The molecule has 0 radical (unpaired) electrons. The summed E-state index contributed by atoms with van der Waals surface area (Å²) < 4.78 is 11.5. The second-order valence-electron chi connectivity index (χ2n) is 7.43. The van der Waals surface area contributed by atoms with Crippen LogP contribution >= 0.6 is 0 Å². The van der Waals surface area contributed by atoms with Gasteiger partial charge in [0.25, 0.3) is 0 Å². The van der Waals surface area contributed by atoms with E-state index in [9.17, 15) is 0 Å². The van der Waals surface area contributed by atoms with Crippen LogP contribution < -0.4 is 9.64 Å². The predicted molar refractivity (Wildman–Crippen MR) is 121 cm³/mol. The predicted octanol–water partition coefficient (Wildman–Crippen LogP) is 3.26. The number of ether oxygens (including phenoxy) is 2. The molecule has 0 saturated carbocycles. The van der Waals surface area contributed by atoms with Crippen molar-refractivity contribution in [3.63, 3.8) is 0 Å². The number of rotatable bonds is 8. The molecule has 1 fully saturated rings. The molecule has 4 rings (SSSR count). The summed E-state index contributed by atoms with van der Waals surface area (Å²) in [5, 5.41) is 0. The molecule has 0 N–H and O–H groups in total. The second-order valence-corrected chi connectivity index (χ2v) is 7.43. The van der Waals surface area contributed by atoms with Crippen LogP contribution in [0.1, 0.15) is 22.5 Å². The van der Waals surface area contributed by atoms with Crippen molar-refractivity contribution in [1.29, 1.82) is 0 Å². The summed E-state index contributed by atoms with van der Waals surface area (Å²) in [7, 11) is 0. The average Bonchev–Trinajstić information content (AvgIpc) is 2.80. The minimum atomic E-state index is 0.490. The molecule has 1 aliphatic heterocycles. The Bertz CT molecular complexity index is 1000. The summed E-state index contributed by atoms with van der Waals surface area (Å²) in [4.78, 5) is 20.0. The van der Waals surface area contributed by atoms with Crippen LogP contribution in [0.3, 0.4) is 0 Å². The fourth-order valence-electron chi connectivity index (χ4n) is 3.42. The lowest BCUT2D eigenvalue weighted by Gasteiger charge is -2.29. The molecule has 2 aromatic heterocycles. The maximum atomic E-state index is 5.97.